The Morgan fingerprint density at radius 1 is 1.33 bits per heavy atom. The fourth-order valence-electron chi connectivity index (χ4n) is 3.32. The molecule has 2 amide bonds. The van der Waals surface area contributed by atoms with Crippen LogP contribution in [-0.4, -0.2) is 53.8 Å². The number of hydrogen-bond donors (Lipinski definition) is 1. The molecule has 3 rings (SSSR count). The summed E-state index contributed by atoms with van der Waals surface area (Å²) in [7, 11) is 3.28. The Bertz CT molecular complexity index is 803. The van der Waals surface area contributed by atoms with Gasteiger partial charge in [0, 0.05) is 25.4 Å². The summed E-state index contributed by atoms with van der Waals surface area (Å²) in [5, 5.41) is 3.51. The summed E-state index contributed by atoms with van der Waals surface area (Å²) in [6, 6.07) is 0. The minimum absolute atomic E-state index is 0.0394. The molecule has 1 aromatic rings. The number of esters is 1. The van der Waals surface area contributed by atoms with E-state index in [1.807, 2.05) is 0 Å². The molecule has 1 atom stereocenters. The second-order valence-corrected chi connectivity index (χ2v) is 8.67. The molecule has 0 saturated carbocycles. The summed E-state index contributed by atoms with van der Waals surface area (Å²) in [6.07, 6.45) is 3.90. The summed E-state index contributed by atoms with van der Waals surface area (Å²) in [5.41, 5.74) is 1.50. The van der Waals surface area contributed by atoms with Crippen molar-refractivity contribution in [3.05, 3.63) is 16.0 Å². The molecule has 1 aromatic heterocycles. The van der Waals surface area contributed by atoms with Crippen LogP contribution in [-0.2, 0) is 27.2 Å². The molecule has 0 bridgehead atoms. The van der Waals surface area contributed by atoms with E-state index in [2.05, 4.69) is 10.3 Å². The normalized spacial score (nSPS) is 20.7. The molecule has 1 aliphatic heterocycles. The summed E-state index contributed by atoms with van der Waals surface area (Å²) in [6.45, 7) is 2.05. The van der Waals surface area contributed by atoms with Crippen molar-refractivity contribution in [3.8, 4) is 0 Å². The van der Waals surface area contributed by atoms with E-state index in [4.69, 9.17) is 4.74 Å². The van der Waals surface area contributed by atoms with Gasteiger partial charge in [0.2, 0.25) is 11.8 Å². The molecule has 7 nitrogen and oxygen atoms in total. The monoisotopic (exact) mass is 409 g/mol. The molecule has 146 valence electrons. The molecular formula is C18H23N3O4S2. The zero-order valence-electron chi connectivity index (χ0n) is 15.7. The lowest BCUT2D eigenvalue weighted by molar-refractivity contribution is -0.127. The van der Waals surface area contributed by atoms with Crippen molar-refractivity contribution in [3.63, 3.8) is 0 Å². The van der Waals surface area contributed by atoms with Crippen molar-refractivity contribution >= 4 is 51.1 Å². The number of carbonyl (C=O) groups excluding carboxylic acids is 3. The number of rotatable bonds is 5. The largest absolute Gasteiger partial charge is 0.462 e. The van der Waals surface area contributed by atoms with Crippen molar-refractivity contribution in [2.45, 2.75) is 44.3 Å². The van der Waals surface area contributed by atoms with Crippen LogP contribution in [0.15, 0.2) is 4.99 Å². The van der Waals surface area contributed by atoms with Crippen LogP contribution in [0, 0.1) is 0 Å². The predicted molar refractivity (Wildman–Crippen MR) is 108 cm³/mol. The fraction of sp³-hybridized carbons (Fsp3) is 0.556. The maximum Gasteiger partial charge on any atom is 0.341 e. The van der Waals surface area contributed by atoms with E-state index in [9.17, 15) is 14.4 Å². The number of aryl methyl sites for hydroxylation is 1. The summed E-state index contributed by atoms with van der Waals surface area (Å²) >= 11 is 2.74. The zero-order valence-corrected chi connectivity index (χ0v) is 17.3. The second kappa shape index (κ2) is 8.43. The van der Waals surface area contributed by atoms with Crippen LogP contribution in [0.2, 0.25) is 0 Å². The number of amidine groups is 1. The third kappa shape index (κ3) is 4.03. The highest BCUT2D eigenvalue weighted by Crippen LogP contribution is 2.39. The fourth-order valence-corrected chi connectivity index (χ4v) is 5.71. The predicted octanol–water partition coefficient (Wildman–Crippen LogP) is 2.69. The van der Waals surface area contributed by atoms with Crippen LogP contribution in [0.5, 0.6) is 0 Å². The van der Waals surface area contributed by atoms with Crippen LogP contribution in [0.4, 0.5) is 5.00 Å². The van der Waals surface area contributed by atoms with Gasteiger partial charge in [0.15, 0.2) is 5.17 Å². The van der Waals surface area contributed by atoms with Crippen LogP contribution < -0.4 is 5.32 Å². The summed E-state index contributed by atoms with van der Waals surface area (Å²) in [4.78, 5) is 44.0. The van der Waals surface area contributed by atoms with E-state index in [0.29, 0.717) is 15.7 Å². The number of anilines is 1. The number of thiophene rings is 1. The zero-order chi connectivity index (χ0) is 19.6. The van der Waals surface area contributed by atoms with Gasteiger partial charge in [-0.15, -0.1) is 11.3 Å². The Morgan fingerprint density at radius 3 is 2.74 bits per heavy atom. The van der Waals surface area contributed by atoms with Gasteiger partial charge in [0.05, 0.1) is 12.2 Å². The highest BCUT2D eigenvalue weighted by molar-refractivity contribution is 8.15. The SMILES string of the molecule is CCOC(=O)c1c(NC(=O)C[C@@H]2SC(=NC)N(C)C2=O)sc2c1CCCC2. The standard InChI is InChI=1S/C18H23N3O4S2/c1-4-25-17(24)14-10-7-5-6-8-11(10)26-15(14)20-13(22)9-12-16(23)21(3)18(19-2)27-12/h12H,4-9H2,1-3H3,(H,20,22)/t12-/m0/s1. The van der Waals surface area contributed by atoms with Crippen LogP contribution in [0.1, 0.15) is 47.0 Å². The summed E-state index contributed by atoms with van der Waals surface area (Å²) in [5.74, 6) is -0.804. The number of fused-ring (bicyclic) bond motifs is 1. The lowest BCUT2D eigenvalue weighted by Crippen LogP contribution is -2.30. The Hall–Kier alpha value is -1.87. The maximum atomic E-state index is 12.6. The molecule has 0 aromatic carbocycles. The van der Waals surface area contributed by atoms with Crippen LogP contribution in [0.25, 0.3) is 0 Å². The van der Waals surface area contributed by atoms with Crippen molar-refractivity contribution in [2.75, 3.05) is 26.0 Å². The number of aliphatic imine (C=N–C) groups is 1. The Kier molecular flexibility index (Phi) is 6.21. The van der Waals surface area contributed by atoms with Gasteiger partial charge in [-0.25, -0.2) is 4.79 Å². The minimum Gasteiger partial charge on any atom is -0.462 e. The number of nitrogens with zero attached hydrogens (tertiary/aromatic N) is 2. The van der Waals surface area contributed by atoms with E-state index in [1.165, 1.54) is 28.0 Å². The van der Waals surface area contributed by atoms with E-state index in [-0.39, 0.29) is 24.8 Å². The van der Waals surface area contributed by atoms with Crippen molar-refractivity contribution < 1.29 is 19.1 Å². The lowest BCUT2D eigenvalue weighted by atomic mass is 9.95. The number of nitrogens with one attached hydrogen (secondary N) is 1. The average molecular weight is 410 g/mol. The van der Waals surface area contributed by atoms with Gasteiger partial charge >= 0.3 is 5.97 Å². The van der Waals surface area contributed by atoms with Crippen molar-refractivity contribution in [2.24, 2.45) is 4.99 Å². The highest BCUT2D eigenvalue weighted by atomic mass is 32.2. The smallest absolute Gasteiger partial charge is 0.341 e. The molecule has 9 heteroatoms. The van der Waals surface area contributed by atoms with E-state index >= 15 is 0 Å². The molecule has 0 radical (unpaired) electrons. The van der Waals surface area contributed by atoms with Gasteiger partial charge in [-0.1, -0.05) is 11.8 Å². The second-order valence-electron chi connectivity index (χ2n) is 6.40. The first-order chi connectivity index (χ1) is 13.0. The molecule has 0 spiro atoms. The molecule has 2 aliphatic rings. The molecule has 1 N–H and O–H groups in total. The third-order valence-corrected chi connectivity index (χ3v) is 7.13. The third-order valence-electron chi connectivity index (χ3n) is 4.61. The molecule has 27 heavy (non-hydrogen) atoms. The van der Waals surface area contributed by atoms with Gasteiger partial charge in [-0.3, -0.25) is 19.5 Å². The molecule has 1 aliphatic carbocycles. The number of thioether (sulfide) groups is 1. The Morgan fingerprint density at radius 2 is 2.07 bits per heavy atom. The van der Waals surface area contributed by atoms with Crippen LogP contribution >= 0.6 is 23.1 Å². The molecule has 2 heterocycles. The molecule has 1 fully saturated rings. The maximum absolute atomic E-state index is 12.6. The highest BCUT2D eigenvalue weighted by Gasteiger charge is 2.37. The first-order valence-corrected chi connectivity index (χ1v) is 10.7. The van der Waals surface area contributed by atoms with E-state index in [0.717, 1.165) is 36.1 Å². The first kappa shape index (κ1) is 19.9. The van der Waals surface area contributed by atoms with Gasteiger partial charge in [0.1, 0.15) is 10.3 Å². The number of ether oxygens (including phenoxy) is 1. The van der Waals surface area contributed by atoms with Crippen molar-refractivity contribution in [1.29, 1.82) is 0 Å². The molecule has 1 saturated heterocycles. The quantitative estimate of drug-likeness (QED) is 0.756. The molecular weight excluding hydrogens is 386 g/mol. The minimum atomic E-state index is -0.491. The Labute approximate surface area is 166 Å². The lowest BCUT2D eigenvalue weighted by Gasteiger charge is -2.12. The molecule has 0 unspecified atom stereocenters. The van der Waals surface area contributed by atoms with Gasteiger partial charge in [-0.2, -0.15) is 0 Å². The average Bonchev–Trinajstić information content (AvgIpc) is 3.13. The first-order valence-electron chi connectivity index (χ1n) is 8.98. The number of carbonyl (C=O) groups is 3. The van der Waals surface area contributed by atoms with Gasteiger partial charge in [0.25, 0.3) is 0 Å². The summed E-state index contributed by atoms with van der Waals surface area (Å²) < 4.78 is 5.20. The van der Waals surface area contributed by atoms with Crippen molar-refractivity contribution in [1.82, 2.24) is 4.90 Å². The van der Waals surface area contributed by atoms with Gasteiger partial charge < -0.3 is 10.1 Å². The van der Waals surface area contributed by atoms with Gasteiger partial charge in [-0.05, 0) is 38.2 Å². The van der Waals surface area contributed by atoms with E-state index < -0.39 is 11.2 Å². The van der Waals surface area contributed by atoms with Crippen LogP contribution in [0.3, 0.4) is 0 Å². The van der Waals surface area contributed by atoms with E-state index in [1.54, 1.807) is 21.0 Å². The number of amides is 2. The topological polar surface area (TPSA) is 88.1 Å². The Balaban J connectivity index is 1.77. The number of hydrogen-bond acceptors (Lipinski definition) is 7.